The van der Waals surface area contributed by atoms with Crippen LogP contribution in [0.5, 0.6) is 0 Å². The Labute approximate surface area is 188 Å². The predicted octanol–water partition coefficient (Wildman–Crippen LogP) is 1.84. The first-order valence-electron chi connectivity index (χ1n) is 9.14. The predicted molar refractivity (Wildman–Crippen MR) is 119 cm³/mol. The molecule has 0 amide bonds. The zero-order valence-electron chi connectivity index (χ0n) is 16.7. The molecule has 10 nitrogen and oxygen atoms in total. The van der Waals surface area contributed by atoms with E-state index >= 15 is 0 Å². The average molecular weight is 485 g/mol. The van der Waals surface area contributed by atoms with Gasteiger partial charge in [-0.3, -0.25) is 5.32 Å². The van der Waals surface area contributed by atoms with Gasteiger partial charge in [-0.25, -0.2) is 28.3 Å². The average Bonchev–Trinajstić information content (AvgIpc) is 3.06. The summed E-state index contributed by atoms with van der Waals surface area (Å²) in [5.41, 5.74) is 1.40. The molecule has 31 heavy (non-hydrogen) atoms. The van der Waals surface area contributed by atoms with Crippen LogP contribution in [0.2, 0.25) is 0 Å². The van der Waals surface area contributed by atoms with Gasteiger partial charge in [0.2, 0.25) is 16.0 Å². The number of carbonyl (C=O) groups excluding carboxylic acids is 1. The Kier molecular flexibility index (Phi) is 7.28. The van der Waals surface area contributed by atoms with Crippen LogP contribution in [0.3, 0.4) is 0 Å². The maximum atomic E-state index is 12.0. The summed E-state index contributed by atoms with van der Waals surface area (Å²) < 4.78 is 27.7. The number of thiazole rings is 1. The number of benzene rings is 1. The Hall–Kier alpha value is -2.51. The second-order valence-corrected chi connectivity index (χ2v) is 9.38. The third-order valence-electron chi connectivity index (χ3n) is 4.06. The fraction of sp³-hybridized carbons (Fsp3) is 0.278. The maximum absolute atomic E-state index is 12.0. The van der Waals surface area contributed by atoms with Gasteiger partial charge in [0.1, 0.15) is 16.2 Å². The third kappa shape index (κ3) is 6.24. The summed E-state index contributed by atoms with van der Waals surface area (Å²) in [5.74, 6) is -0.0613. The number of nitrogens with zero attached hydrogens (tertiary/aromatic N) is 2. The highest BCUT2D eigenvalue weighted by molar-refractivity contribution is 7.89. The van der Waals surface area contributed by atoms with E-state index in [1.54, 1.807) is 32.1 Å². The lowest BCUT2D eigenvalue weighted by molar-refractivity contribution is 0.0531. The second kappa shape index (κ2) is 9.75. The standard InChI is InChI=1S/C18H21ClN6O4S2/c1-3-29-16(26)15-10(2)22-18(30-15)25-17-23-13(19)8-14(24-17)21-9-11-4-6-12(7-5-11)31(20,27)28/h4-8,14,21H,3,9H2,1-2H3,(H2,20,27,28)(H2,22,23,24,25). The van der Waals surface area contributed by atoms with Crippen molar-refractivity contribution in [1.29, 1.82) is 0 Å². The molecule has 0 spiro atoms. The number of nitrogens with one attached hydrogen (secondary N) is 3. The number of aromatic nitrogens is 1. The van der Waals surface area contributed by atoms with E-state index in [0.29, 0.717) is 33.4 Å². The van der Waals surface area contributed by atoms with E-state index in [9.17, 15) is 13.2 Å². The van der Waals surface area contributed by atoms with E-state index in [1.807, 2.05) is 0 Å². The second-order valence-electron chi connectivity index (χ2n) is 6.41. The van der Waals surface area contributed by atoms with Gasteiger partial charge >= 0.3 is 5.97 Å². The molecule has 5 N–H and O–H groups in total. The van der Waals surface area contributed by atoms with Gasteiger partial charge in [-0.05, 0) is 37.6 Å². The number of anilines is 1. The molecule has 0 aliphatic carbocycles. The summed E-state index contributed by atoms with van der Waals surface area (Å²) >= 11 is 7.33. The monoisotopic (exact) mass is 484 g/mol. The highest BCUT2D eigenvalue weighted by Crippen LogP contribution is 2.24. The molecule has 13 heteroatoms. The van der Waals surface area contributed by atoms with Crippen LogP contribution in [-0.2, 0) is 21.3 Å². The zero-order chi connectivity index (χ0) is 22.6. The molecule has 2 aromatic rings. The minimum Gasteiger partial charge on any atom is -0.462 e. The number of hydrogen-bond donors (Lipinski definition) is 4. The van der Waals surface area contributed by atoms with Crippen molar-refractivity contribution in [3.8, 4) is 0 Å². The molecule has 3 rings (SSSR count). The molecule has 0 saturated carbocycles. The Morgan fingerprint density at radius 1 is 1.35 bits per heavy atom. The topological polar surface area (TPSA) is 148 Å². The quantitative estimate of drug-likeness (QED) is 0.343. The maximum Gasteiger partial charge on any atom is 0.350 e. The SMILES string of the molecule is CCOC(=O)c1sc(NC2=NC(NCc3ccc(S(N)(=O)=O)cc3)C=C(Cl)N2)nc1C. The van der Waals surface area contributed by atoms with E-state index in [4.69, 9.17) is 21.5 Å². The number of ether oxygens (including phenoxy) is 1. The highest BCUT2D eigenvalue weighted by atomic mass is 35.5. The van der Waals surface area contributed by atoms with Gasteiger partial charge in [-0.2, -0.15) is 0 Å². The molecular weight excluding hydrogens is 464 g/mol. The summed E-state index contributed by atoms with van der Waals surface area (Å²) in [6, 6.07) is 6.22. The summed E-state index contributed by atoms with van der Waals surface area (Å²) in [6.07, 6.45) is 1.24. The zero-order valence-corrected chi connectivity index (χ0v) is 19.1. The molecule has 1 unspecified atom stereocenters. The smallest absolute Gasteiger partial charge is 0.350 e. The number of carbonyl (C=O) groups is 1. The van der Waals surface area contributed by atoms with E-state index in [0.717, 1.165) is 16.9 Å². The number of sulfonamides is 1. The van der Waals surface area contributed by atoms with E-state index < -0.39 is 22.2 Å². The van der Waals surface area contributed by atoms with Crippen molar-refractivity contribution in [2.24, 2.45) is 10.1 Å². The first-order valence-corrected chi connectivity index (χ1v) is 11.9. The Morgan fingerprint density at radius 2 is 2.06 bits per heavy atom. The van der Waals surface area contributed by atoms with Crippen molar-refractivity contribution in [3.63, 3.8) is 0 Å². The van der Waals surface area contributed by atoms with Crippen LogP contribution in [0.1, 0.15) is 27.9 Å². The summed E-state index contributed by atoms with van der Waals surface area (Å²) in [5, 5.41) is 15.0. The molecular formula is C18H21ClN6O4S2. The number of rotatable bonds is 7. The van der Waals surface area contributed by atoms with Gasteiger partial charge in [0.15, 0.2) is 5.13 Å². The summed E-state index contributed by atoms with van der Waals surface area (Å²) in [6.45, 7) is 4.16. The van der Waals surface area contributed by atoms with Crippen LogP contribution in [0, 0.1) is 6.92 Å². The summed E-state index contributed by atoms with van der Waals surface area (Å²) in [7, 11) is -3.73. The highest BCUT2D eigenvalue weighted by Gasteiger charge is 2.19. The molecule has 0 fully saturated rings. The first-order chi connectivity index (χ1) is 14.7. The fourth-order valence-electron chi connectivity index (χ4n) is 2.63. The van der Waals surface area contributed by atoms with Crippen LogP contribution in [-0.4, -0.2) is 38.1 Å². The van der Waals surface area contributed by atoms with Crippen LogP contribution in [0.4, 0.5) is 5.13 Å². The summed E-state index contributed by atoms with van der Waals surface area (Å²) in [4.78, 5) is 21.2. The molecule has 1 aromatic carbocycles. The van der Waals surface area contributed by atoms with Crippen LogP contribution in [0.15, 0.2) is 45.4 Å². The number of aryl methyl sites for hydroxylation is 1. The van der Waals surface area contributed by atoms with Crippen molar-refractivity contribution in [2.45, 2.75) is 31.5 Å². The lowest BCUT2D eigenvalue weighted by Gasteiger charge is -2.20. The number of halogens is 1. The van der Waals surface area contributed by atoms with Gasteiger partial charge in [-0.1, -0.05) is 35.1 Å². The van der Waals surface area contributed by atoms with Crippen LogP contribution in [0.25, 0.3) is 0 Å². The minimum atomic E-state index is -3.73. The van der Waals surface area contributed by atoms with E-state index in [1.165, 1.54) is 12.1 Å². The number of primary sulfonamides is 1. The molecule has 0 radical (unpaired) electrons. The van der Waals surface area contributed by atoms with Gasteiger partial charge in [0, 0.05) is 6.54 Å². The van der Waals surface area contributed by atoms with Crippen molar-refractivity contribution in [3.05, 3.63) is 51.6 Å². The molecule has 1 aliphatic heterocycles. The molecule has 0 bridgehead atoms. The number of hydrogen-bond acceptors (Lipinski definition) is 10. The lowest BCUT2D eigenvalue weighted by Crippen LogP contribution is -2.38. The molecule has 1 aliphatic rings. The molecule has 1 atom stereocenters. The third-order valence-corrected chi connectivity index (χ3v) is 6.26. The minimum absolute atomic E-state index is 0.0477. The van der Waals surface area contributed by atoms with Gasteiger partial charge in [0.05, 0.1) is 17.2 Å². The normalized spacial score (nSPS) is 16.2. The fourth-order valence-corrected chi connectivity index (χ4v) is 4.21. The molecule has 166 valence electrons. The number of guanidine groups is 1. The molecule has 2 heterocycles. The number of nitrogens with two attached hydrogens (primary N) is 1. The molecule has 0 saturated heterocycles. The van der Waals surface area contributed by atoms with Crippen LogP contribution < -0.4 is 21.1 Å². The van der Waals surface area contributed by atoms with Crippen molar-refractivity contribution in [1.82, 2.24) is 15.6 Å². The van der Waals surface area contributed by atoms with Crippen LogP contribution >= 0.6 is 22.9 Å². The van der Waals surface area contributed by atoms with Gasteiger partial charge in [-0.15, -0.1) is 0 Å². The molecule has 1 aromatic heterocycles. The van der Waals surface area contributed by atoms with Gasteiger partial charge < -0.3 is 15.4 Å². The van der Waals surface area contributed by atoms with Gasteiger partial charge in [0.25, 0.3) is 0 Å². The Morgan fingerprint density at radius 3 is 2.71 bits per heavy atom. The van der Waals surface area contributed by atoms with Crippen molar-refractivity contribution < 1.29 is 17.9 Å². The largest absolute Gasteiger partial charge is 0.462 e. The van der Waals surface area contributed by atoms with E-state index in [-0.39, 0.29) is 11.5 Å². The van der Waals surface area contributed by atoms with Crippen molar-refractivity contribution >= 4 is 50.0 Å². The number of esters is 1. The van der Waals surface area contributed by atoms with Crippen molar-refractivity contribution in [2.75, 3.05) is 11.9 Å². The Balaban J connectivity index is 1.65. The lowest BCUT2D eigenvalue weighted by atomic mass is 10.2. The first kappa shape index (κ1) is 23.2. The van der Waals surface area contributed by atoms with E-state index in [2.05, 4.69) is 25.9 Å². The number of aliphatic imine (C=N–C) groups is 1. The Bertz CT molecular complexity index is 1130.